The number of carbonyl (C=O) groups is 2. The molecule has 1 saturated heterocycles. The summed E-state index contributed by atoms with van der Waals surface area (Å²) < 4.78 is 0. The Hall–Kier alpha value is -2.66. The van der Waals surface area contributed by atoms with E-state index in [2.05, 4.69) is 33.7 Å². The van der Waals surface area contributed by atoms with Gasteiger partial charge in [-0.15, -0.1) is 0 Å². The molecule has 0 spiro atoms. The van der Waals surface area contributed by atoms with Gasteiger partial charge in [0.2, 0.25) is 5.91 Å². The Kier molecular flexibility index (Phi) is 5.72. The van der Waals surface area contributed by atoms with Crippen molar-refractivity contribution in [3.8, 4) is 0 Å². The second-order valence-electron chi connectivity index (χ2n) is 7.71. The van der Waals surface area contributed by atoms with E-state index in [-0.39, 0.29) is 11.8 Å². The molecule has 0 unspecified atom stereocenters. The van der Waals surface area contributed by atoms with Gasteiger partial charge < -0.3 is 10.6 Å². The fourth-order valence-corrected chi connectivity index (χ4v) is 4.04. The third-order valence-electron chi connectivity index (χ3n) is 5.66. The summed E-state index contributed by atoms with van der Waals surface area (Å²) in [6, 6.07) is 13.9. The SMILES string of the molecule is O=C1CCc2cc(C(=O)NCc3ccccc3CN3CCCCC3)ccc2N1. The number of fused-ring (bicyclic) bond motifs is 1. The summed E-state index contributed by atoms with van der Waals surface area (Å²) in [7, 11) is 0. The topological polar surface area (TPSA) is 61.4 Å². The molecule has 28 heavy (non-hydrogen) atoms. The molecular weight excluding hydrogens is 350 g/mol. The van der Waals surface area contributed by atoms with E-state index in [0.29, 0.717) is 24.9 Å². The summed E-state index contributed by atoms with van der Waals surface area (Å²) >= 11 is 0. The number of benzene rings is 2. The van der Waals surface area contributed by atoms with Gasteiger partial charge in [0.15, 0.2) is 0 Å². The molecule has 2 amide bonds. The highest BCUT2D eigenvalue weighted by Crippen LogP contribution is 2.23. The number of piperidine rings is 1. The first kappa shape index (κ1) is 18.7. The standard InChI is InChI=1S/C23H27N3O2/c27-22-11-9-17-14-18(8-10-21(17)25-22)23(28)24-15-19-6-2-3-7-20(19)16-26-12-4-1-5-13-26/h2-3,6-8,10,14H,1,4-5,9,11-13,15-16H2,(H,24,28)(H,25,27). The maximum Gasteiger partial charge on any atom is 0.251 e. The van der Waals surface area contributed by atoms with Crippen molar-refractivity contribution in [1.29, 1.82) is 0 Å². The number of carbonyl (C=O) groups excluding carboxylic acids is 2. The first-order valence-electron chi connectivity index (χ1n) is 10.2. The van der Waals surface area contributed by atoms with Crippen LogP contribution in [0.5, 0.6) is 0 Å². The van der Waals surface area contributed by atoms with Gasteiger partial charge in [-0.2, -0.15) is 0 Å². The summed E-state index contributed by atoms with van der Waals surface area (Å²) in [5.41, 5.74) is 4.95. The number of nitrogens with zero attached hydrogens (tertiary/aromatic N) is 1. The van der Waals surface area contributed by atoms with Crippen LogP contribution in [0.25, 0.3) is 0 Å². The van der Waals surface area contributed by atoms with Crippen LogP contribution in [0.2, 0.25) is 0 Å². The van der Waals surface area contributed by atoms with Gasteiger partial charge in [0.1, 0.15) is 0 Å². The number of rotatable bonds is 5. The zero-order chi connectivity index (χ0) is 19.3. The van der Waals surface area contributed by atoms with Crippen molar-refractivity contribution in [3.05, 3.63) is 64.7 Å². The van der Waals surface area contributed by atoms with Crippen LogP contribution in [0.15, 0.2) is 42.5 Å². The van der Waals surface area contributed by atoms with Crippen LogP contribution in [0, 0.1) is 0 Å². The molecule has 0 saturated carbocycles. The van der Waals surface area contributed by atoms with E-state index in [1.807, 2.05) is 18.2 Å². The van der Waals surface area contributed by atoms with Gasteiger partial charge in [0.25, 0.3) is 5.91 Å². The fourth-order valence-electron chi connectivity index (χ4n) is 4.04. The van der Waals surface area contributed by atoms with Crippen LogP contribution in [0.4, 0.5) is 5.69 Å². The first-order valence-corrected chi connectivity index (χ1v) is 10.2. The summed E-state index contributed by atoms with van der Waals surface area (Å²) in [5, 5.41) is 5.92. The van der Waals surface area contributed by atoms with Crippen LogP contribution in [0.3, 0.4) is 0 Å². The molecule has 5 heteroatoms. The molecule has 0 bridgehead atoms. The number of anilines is 1. The highest BCUT2D eigenvalue weighted by molar-refractivity contribution is 5.97. The number of hydrogen-bond donors (Lipinski definition) is 2. The summed E-state index contributed by atoms with van der Waals surface area (Å²) in [6.07, 6.45) is 5.04. The molecular formula is C23H27N3O2. The van der Waals surface area contributed by atoms with Crippen molar-refractivity contribution in [2.75, 3.05) is 18.4 Å². The van der Waals surface area contributed by atoms with Gasteiger partial charge in [-0.25, -0.2) is 0 Å². The van der Waals surface area contributed by atoms with Crippen LogP contribution in [-0.4, -0.2) is 29.8 Å². The lowest BCUT2D eigenvalue weighted by atomic mass is 10.00. The monoisotopic (exact) mass is 377 g/mol. The van der Waals surface area contributed by atoms with E-state index in [1.165, 1.54) is 30.4 Å². The smallest absolute Gasteiger partial charge is 0.251 e. The number of amides is 2. The molecule has 0 atom stereocenters. The maximum atomic E-state index is 12.7. The van der Waals surface area contributed by atoms with Crippen molar-refractivity contribution in [3.63, 3.8) is 0 Å². The maximum absolute atomic E-state index is 12.7. The number of nitrogens with one attached hydrogen (secondary N) is 2. The minimum absolute atomic E-state index is 0.0371. The Morgan fingerprint density at radius 2 is 1.79 bits per heavy atom. The minimum atomic E-state index is -0.0764. The third-order valence-corrected chi connectivity index (χ3v) is 5.66. The molecule has 146 valence electrons. The van der Waals surface area contributed by atoms with Crippen LogP contribution in [-0.2, 0) is 24.3 Å². The summed E-state index contributed by atoms with van der Waals surface area (Å²) in [5.74, 6) is -0.0394. The zero-order valence-electron chi connectivity index (χ0n) is 16.2. The Labute approximate surface area is 166 Å². The highest BCUT2D eigenvalue weighted by Gasteiger charge is 2.17. The predicted octanol–water partition coefficient (Wildman–Crippen LogP) is 3.49. The average Bonchev–Trinajstić information content (AvgIpc) is 2.73. The molecule has 5 nitrogen and oxygen atoms in total. The molecule has 0 radical (unpaired) electrons. The van der Waals surface area contributed by atoms with Crippen molar-refractivity contribution >= 4 is 17.5 Å². The first-order chi connectivity index (χ1) is 13.7. The fraction of sp³-hybridized carbons (Fsp3) is 0.391. The van der Waals surface area contributed by atoms with E-state index in [4.69, 9.17) is 0 Å². The Balaban J connectivity index is 1.40. The summed E-state index contributed by atoms with van der Waals surface area (Å²) in [4.78, 5) is 26.6. The lowest BCUT2D eigenvalue weighted by Gasteiger charge is -2.27. The van der Waals surface area contributed by atoms with Gasteiger partial charge in [-0.3, -0.25) is 14.5 Å². The van der Waals surface area contributed by atoms with Crippen molar-refractivity contribution in [2.45, 2.75) is 45.2 Å². The van der Waals surface area contributed by atoms with Crippen LogP contribution >= 0.6 is 0 Å². The Morgan fingerprint density at radius 3 is 2.61 bits per heavy atom. The molecule has 2 aromatic carbocycles. The van der Waals surface area contributed by atoms with Gasteiger partial charge in [0.05, 0.1) is 0 Å². The molecule has 4 rings (SSSR count). The van der Waals surface area contributed by atoms with Gasteiger partial charge >= 0.3 is 0 Å². The number of likely N-dealkylation sites (tertiary alicyclic amines) is 1. The van der Waals surface area contributed by atoms with E-state index in [0.717, 1.165) is 30.9 Å². The minimum Gasteiger partial charge on any atom is -0.348 e. The average molecular weight is 377 g/mol. The third kappa shape index (κ3) is 4.42. The molecule has 2 aliphatic heterocycles. The van der Waals surface area contributed by atoms with Crippen molar-refractivity contribution in [1.82, 2.24) is 10.2 Å². The molecule has 2 heterocycles. The van der Waals surface area contributed by atoms with E-state index < -0.39 is 0 Å². The molecule has 1 fully saturated rings. The largest absolute Gasteiger partial charge is 0.348 e. The normalized spacial score (nSPS) is 16.9. The lowest BCUT2D eigenvalue weighted by Crippen LogP contribution is -2.30. The Bertz CT molecular complexity index is 872. The zero-order valence-corrected chi connectivity index (χ0v) is 16.2. The number of aryl methyl sites for hydroxylation is 1. The quantitative estimate of drug-likeness (QED) is 0.839. The second kappa shape index (κ2) is 8.57. The van der Waals surface area contributed by atoms with Crippen LogP contribution < -0.4 is 10.6 Å². The molecule has 2 N–H and O–H groups in total. The summed E-state index contributed by atoms with van der Waals surface area (Å²) in [6.45, 7) is 3.79. The molecule has 0 aromatic heterocycles. The molecule has 2 aliphatic rings. The molecule has 0 aliphatic carbocycles. The van der Waals surface area contributed by atoms with Gasteiger partial charge in [-0.05, 0) is 67.2 Å². The predicted molar refractivity (Wildman–Crippen MR) is 110 cm³/mol. The van der Waals surface area contributed by atoms with E-state index >= 15 is 0 Å². The van der Waals surface area contributed by atoms with Crippen LogP contribution in [0.1, 0.15) is 52.7 Å². The second-order valence-corrected chi connectivity index (χ2v) is 7.71. The molecule has 2 aromatic rings. The van der Waals surface area contributed by atoms with Crippen molar-refractivity contribution < 1.29 is 9.59 Å². The Morgan fingerprint density at radius 1 is 1.00 bits per heavy atom. The highest BCUT2D eigenvalue weighted by atomic mass is 16.2. The number of hydrogen-bond acceptors (Lipinski definition) is 3. The lowest BCUT2D eigenvalue weighted by molar-refractivity contribution is -0.116. The van der Waals surface area contributed by atoms with E-state index in [9.17, 15) is 9.59 Å². The van der Waals surface area contributed by atoms with Crippen molar-refractivity contribution in [2.24, 2.45) is 0 Å². The van der Waals surface area contributed by atoms with Gasteiger partial charge in [0, 0.05) is 30.8 Å². The van der Waals surface area contributed by atoms with E-state index in [1.54, 1.807) is 6.07 Å². The van der Waals surface area contributed by atoms with Gasteiger partial charge in [-0.1, -0.05) is 30.7 Å².